The molecule has 1 atom stereocenters. The van der Waals surface area contributed by atoms with E-state index in [1.807, 2.05) is 0 Å². The maximum Gasteiger partial charge on any atom is 0.262 e. The average molecular weight is 340 g/mol. The van der Waals surface area contributed by atoms with E-state index in [2.05, 4.69) is 5.32 Å². The van der Waals surface area contributed by atoms with Crippen LogP contribution in [0.25, 0.3) is 0 Å². The van der Waals surface area contributed by atoms with Crippen LogP contribution in [0.3, 0.4) is 0 Å². The van der Waals surface area contributed by atoms with Crippen molar-refractivity contribution in [2.75, 3.05) is 6.54 Å². The lowest BCUT2D eigenvalue weighted by Crippen LogP contribution is -2.48. The fourth-order valence-electron chi connectivity index (χ4n) is 2.85. The Morgan fingerprint density at radius 2 is 1.60 bits per heavy atom. The van der Waals surface area contributed by atoms with Gasteiger partial charge >= 0.3 is 0 Å². The van der Waals surface area contributed by atoms with Crippen LogP contribution in [0.2, 0.25) is 0 Å². The number of hydrogen-bond acceptors (Lipinski definition) is 3. The summed E-state index contributed by atoms with van der Waals surface area (Å²) in [5, 5.41) is 2.65. The van der Waals surface area contributed by atoms with Gasteiger partial charge in [-0.1, -0.05) is 30.3 Å². The molecule has 1 N–H and O–H groups in total. The highest BCUT2D eigenvalue weighted by Gasteiger charge is 2.40. The summed E-state index contributed by atoms with van der Waals surface area (Å²) in [6.45, 7) is 1.72. The monoisotopic (exact) mass is 340 g/mol. The number of carbonyl (C=O) groups excluding carboxylic acids is 3. The first-order valence-electron chi connectivity index (χ1n) is 7.98. The maximum absolute atomic E-state index is 13.6. The van der Waals surface area contributed by atoms with Gasteiger partial charge in [-0.2, -0.15) is 0 Å². The minimum atomic E-state index is -0.937. The number of benzene rings is 2. The second kappa shape index (κ2) is 6.84. The molecule has 3 amide bonds. The van der Waals surface area contributed by atoms with Gasteiger partial charge in [-0.25, -0.2) is 4.39 Å². The van der Waals surface area contributed by atoms with Gasteiger partial charge < -0.3 is 5.32 Å². The number of nitrogens with zero attached hydrogens (tertiary/aromatic N) is 1. The number of nitrogens with one attached hydrogen (secondary N) is 1. The van der Waals surface area contributed by atoms with Crippen molar-refractivity contribution in [2.45, 2.75) is 19.4 Å². The highest BCUT2D eigenvalue weighted by atomic mass is 19.1. The zero-order valence-corrected chi connectivity index (χ0v) is 13.7. The summed E-state index contributed by atoms with van der Waals surface area (Å²) in [6, 6.07) is 11.9. The quantitative estimate of drug-likeness (QED) is 0.849. The Morgan fingerprint density at radius 3 is 2.20 bits per heavy atom. The summed E-state index contributed by atoms with van der Waals surface area (Å²) in [4.78, 5) is 38.0. The maximum atomic E-state index is 13.6. The minimum Gasteiger partial charge on any atom is -0.354 e. The van der Waals surface area contributed by atoms with Gasteiger partial charge in [0, 0.05) is 6.54 Å². The average Bonchev–Trinajstić information content (AvgIpc) is 2.87. The predicted octanol–water partition coefficient (Wildman–Crippen LogP) is 2.17. The molecular formula is C19H17FN2O3. The van der Waals surface area contributed by atoms with Crippen LogP contribution in [0.5, 0.6) is 0 Å². The first kappa shape index (κ1) is 16.8. The molecule has 0 fully saturated rings. The van der Waals surface area contributed by atoms with Crippen molar-refractivity contribution in [3.05, 3.63) is 71.0 Å². The van der Waals surface area contributed by atoms with Crippen molar-refractivity contribution >= 4 is 17.7 Å². The van der Waals surface area contributed by atoms with Gasteiger partial charge in [-0.15, -0.1) is 0 Å². The summed E-state index contributed by atoms with van der Waals surface area (Å²) in [5.74, 6) is -1.73. The van der Waals surface area contributed by atoms with Crippen molar-refractivity contribution in [2.24, 2.45) is 0 Å². The van der Waals surface area contributed by atoms with E-state index < -0.39 is 23.8 Å². The molecule has 25 heavy (non-hydrogen) atoms. The number of imide groups is 1. The SMILES string of the molecule is C[C@@H](C(=O)NCCc1ccccc1F)N1C(=O)c2ccccc2C1=O. The third-order valence-corrected chi connectivity index (χ3v) is 4.24. The van der Waals surface area contributed by atoms with Crippen LogP contribution < -0.4 is 5.32 Å². The van der Waals surface area contributed by atoms with E-state index in [-0.39, 0.29) is 12.4 Å². The zero-order chi connectivity index (χ0) is 18.0. The molecule has 1 aliphatic heterocycles. The normalized spacial score (nSPS) is 14.4. The van der Waals surface area contributed by atoms with Gasteiger partial charge in [0.25, 0.3) is 11.8 Å². The molecular weight excluding hydrogens is 323 g/mol. The number of amides is 3. The van der Waals surface area contributed by atoms with Crippen molar-refractivity contribution in [1.82, 2.24) is 10.2 Å². The summed E-state index contributed by atoms with van der Waals surface area (Å²) >= 11 is 0. The van der Waals surface area contributed by atoms with Crippen LogP contribution in [0, 0.1) is 5.82 Å². The zero-order valence-electron chi connectivity index (χ0n) is 13.7. The second-order valence-electron chi connectivity index (χ2n) is 5.83. The molecule has 0 radical (unpaired) electrons. The Bertz CT molecular complexity index is 815. The summed E-state index contributed by atoms with van der Waals surface area (Å²) < 4.78 is 13.6. The first-order valence-corrected chi connectivity index (χ1v) is 7.98. The fraction of sp³-hybridized carbons (Fsp3) is 0.211. The summed E-state index contributed by atoms with van der Waals surface area (Å²) in [5.41, 5.74) is 1.10. The van der Waals surface area contributed by atoms with E-state index in [4.69, 9.17) is 0 Å². The first-order chi connectivity index (χ1) is 12.0. The topological polar surface area (TPSA) is 66.5 Å². The second-order valence-corrected chi connectivity index (χ2v) is 5.83. The van der Waals surface area contributed by atoms with Crippen LogP contribution in [-0.4, -0.2) is 35.2 Å². The molecule has 0 aliphatic carbocycles. The van der Waals surface area contributed by atoms with Crippen molar-refractivity contribution in [3.63, 3.8) is 0 Å². The molecule has 0 aromatic heterocycles. The lowest BCUT2D eigenvalue weighted by Gasteiger charge is -2.21. The molecule has 2 aromatic rings. The van der Waals surface area contributed by atoms with Gasteiger partial charge in [0.05, 0.1) is 11.1 Å². The van der Waals surface area contributed by atoms with Crippen LogP contribution in [-0.2, 0) is 11.2 Å². The van der Waals surface area contributed by atoms with Gasteiger partial charge in [0.2, 0.25) is 5.91 Å². The molecule has 1 aliphatic rings. The number of fused-ring (bicyclic) bond motifs is 1. The molecule has 0 saturated heterocycles. The third kappa shape index (κ3) is 3.15. The molecule has 128 valence electrons. The Kier molecular flexibility index (Phi) is 4.61. The predicted molar refractivity (Wildman–Crippen MR) is 89.5 cm³/mol. The Balaban J connectivity index is 1.63. The number of carbonyl (C=O) groups is 3. The molecule has 0 unspecified atom stereocenters. The van der Waals surface area contributed by atoms with E-state index in [1.54, 1.807) is 42.5 Å². The molecule has 0 spiro atoms. The number of rotatable bonds is 5. The van der Waals surface area contributed by atoms with Crippen molar-refractivity contribution in [1.29, 1.82) is 0 Å². The highest BCUT2D eigenvalue weighted by molar-refractivity contribution is 6.22. The van der Waals surface area contributed by atoms with E-state index in [0.717, 1.165) is 4.90 Å². The highest BCUT2D eigenvalue weighted by Crippen LogP contribution is 2.24. The molecule has 3 rings (SSSR count). The Morgan fingerprint density at radius 1 is 1.04 bits per heavy atom. The summed E-state index contributed by atoms with van der Waals surface area (Å²) in [6.07, 6.45) is 0.327. The molecule has 5 nitrogen and oxygen atoms in total. The van der Waals surface area contributed by atoms with Crippen molar-refractivity contribution < 1.29 is 18.8 Å². The minimum absolute atomic E-state index is 0.216. The van der Waals surface area contributed by atoms with Crippen LogP contribution in [0.15, 0.2) is 48.5 Å². The van der Waals surface area contributed by atoms with E-state index in [1.165, 1.54) is 13.0 Å². The smallest absolute Gasteiger partial charge is 0.262 e. The Hall–Kier alpha value is -3.02. The van der Waals surface area contributed by atoms with Crippen LogP contribution >= 0.6 is 0 Å². The fourth-order valence-corrected chi connectivity index (χ4v) is 2.85. The van der Waals surface area contributed by atoms with E-state index in [0.29, 0.717) is 23.1 Å². The molecule has 0 saturated carbocycles. The lowest BCUT2D eigenvalue weighted by atomic mass is 10.1. The van der Waals surface area contributed by atoms with Crippen LogP contribution in [0.1, 0.15) is 33.2 Å². The van der Waals surface area contributed by atoms with Gasteiger partial charge in [0.15, 0.2) is 0 Å². The van der Waals surface area contributed by atoms with E-state index in [9.17, 15) is 18.8 Å². The largest absolute Gasteiger partial charge is 0.354 e. The molecule has 2 aromatic carbocycles. The van der Waals surface area contributed by atoms with Gasteiger partial charge in [-0.3, -0.25) is 19.3 Å². The lowest BCUT2D eigenvalue weighted by molar-refractivity contribution is -0.124. The number of hydrogen-bond donors (Lipinski definition) is 1. The van der Waals surface area contributed by atoms with Crippen LogP contribution in [0.4, 0.5) is 4.39 Å². The standard InChI is InChI=1S/C19H17FN2O3/c1-12(17(23)21-11-10-13-6-2-5-9-16(13)20)22-18(24)14-7-3-4-8-15(14)19(22)25/h2-9,12H,10-11H2,1H3,(H,21,23)/t12-/m0/s1. The number of halogens is 1. The Labute approximate surface area is 144 Å². The van der Waals surface area contributed by atoms with Gasteiger partial charge in [0.1, 0.15) is 11.9 Å². The summed E-state index contributed by atoms with van der Waals surface area (Å²) in [7, 11) is 0. The van der Waals surface area contributed by atoms with Crippen molar-refractivity contribution in [3.8, 4) is 0 Å². The van der Waals surface area contributed by atoms with Gasteiger partial charge in [-0.05, 0) is 37.1 Å². The molecule has 1 heterocycles. The van der Waals surface area contributed by atoms with E-state index >= 15 is 0 Å². The molecule has 6 heteroatoms. The molecule has 0 bridgehead atoms. The third-order valence-electron chi connectivity index (χ3n) is 4.24.